The first kappa shape index (κ1) is 22.6. The number of benzene rings is 2. The zero-order valence-corrected chi connectivity index (χ0v) is 20.4. The number of anilines is 3. The topological polar surface area (TPSA) is 118 Å². The molecule has 190 valence electrons. The number of fused-ring (bicyclic) bond motifs is 3. The van der Waals surface area contributed by atoms with Gasteiger partial charge in [0.15, 0.2) is 0 Å². The summed E-state index contributed by atoms with van der Waals surface area (Å²) in [6, 6.07) is 21.2. The molecule has 5 heterocycles. The summed E-state index contributed by atoms with van der Waals surface area (Å²) >= 11 is 0. The second-order valence-electron chi connectivity index (χ2n) is 9.57. The van der Waals surface area contributed by atoms with Crippen LogP contribution in [0.1, 0.15) is 24.0 Å². The molecule has 3 atom stereocenters. The van der Waals surface area contributed by atoms with Gasteiger partial charge in [0.25, 0.3) is 11.8 Å². The average Bonchev–Trinajstić information content (AvgIpc) is 3.53. The van der Waals surface area contributed by atoms with E-state index in [0.717, 1.165) is 48.4 Å². The summed E-state index contributed by atoms with van der Waals surface area (Å²) < 4.78 is 12.0. The average molecular weight is 508 g/mol. The monoisotopic (exact) mass is 507 g/mol. The van der Waals surface area contributed by atoms with Crippen molar-refractivity contribution in [3.8, 4) is 11.5 Å². The molecule has 7 rings (SSSR count). The Bertz CT molecular complexity index is 1510. The number of hydrogen-bond donors (Lipinski definition) is 2. The molecule has 1 amide bonds. The van der Waals surface area contributed by atoms with Gasteiger partial charge in [-0.2, -0.15) is 0 Å². The van der Waals surface area contributed by atoms with E-state index >= 15 is 0 Å². The van der Waals surface area contributed by atoms with E-state index in [-0.39, 0.29) is 24.1 Å². The van der Waals surface area contributed by atoms with Gasteiger partial charge < -0.3 is 24.7 Å². The number of carbonyl (C=O) groups excluding carboxylic acids is 1. The Kier molecular flexibility index (Phi) is 5.58. The number of para-hydroxylation sites is 1. The van der Waals surface area contributed by atoms with Crippen molar-refractivity contribution < 1.29 is 13.9 Å². The van der Waals surface area contributed by atoms with Crippen molar-refractivity contribution in [2.75, 3.05) is 28.6 Å². The number of rotatable bonds is 5. The second-order valence-corrected chi connectivity index (χ2v) is 9.57. The maximum absolute atomic E-state index is 13.2. The van der Waals surface area contributed by atoms with Crippen LogP contribution in [0.15, 0.2) is 82.3 Å². The Morgan fingerprint density at radius 2 is 1.66 bits per heavy atom. The highest BCUT2D eigenvalue weighted by molar-refractivity contribution is 6.19. The van der Waals surface area contributed by atoms with Gasteiger partial charge in [-0.3, -0.25) is 4.79 Å². The van der Waals surface area contributed by atoms with Crippen molar-refractivity contribution in [3.05, 3.63) is 84.1 Å². The molecule has 10 heteroatoms. The SMILES string of the molecule is O=C1Nc2ccccc2C(c2ccccc2)=NC1Nc1nnc(-c2cccnc2N2CC3CCC(C2)O3)o1. The lowest BCUT2D eigenvalue weighted by Gasteiger charge is -2.33. The fourth-order valence-electron chi connectivity index (χ4n) is 5.29. The number of ether oxygens (including phenoxy) is 1. The molecule has 2 N–H and O–H groups in total. The first-order valence-electron chi connectivity index (χ1n) is 12.7. The summed E-state index contributed by atoms with van der Waals surface area (Å²) in [7, 11) is 0. The number of benzodiazepines with no additional fused rings is 1. The molecule has 3 aliphatic heterocycles. The lowest BCUT2D eigenvalue weighted by Crippen LogP contribution is -2.43. The van der Waals surface area contributed by atoms with Crippen molar-refractivity contribution in [2.24, 2.45) is 4.99 Å². The van der Waals surface area contributed by atoms with E-state index in [4.69, 9.17) is 14.1 Å². The standard InChI is InChI=1S/C28H25N7O3/c36-26-24(31-23(17-7-2-1-3-8-17)20-9-4-5-11-22(20)30-26)32-28-34-33-27(38-28)21-10-6-14-29-25(21)35-15-18-12-13-19(16-35)37-18/h1-11,14,18-19,24H,12-13,15-16H2,(H,30,36)(H,32,34). The minimum atomic E-state index is -0.978. The van der Waals surface area contributed by atoms with Gasteiger partial charge in [0.1, 0.15) is 5.82 Å². The maximum atomic E-state index is 13.2. The van der Waals surface area contributed by atoms with Crippen molar-refractivity contribution in [3.63, 3.8) is 0 Å². The summed E-state index contributed by atoms with van der Waals surface area (Å²) in [6.07, 6.45) is 3.36. The van der Waals surface area contributed by atoms with E-state index in [9.17, 15) is 4.79 Å². The van der Waals surface area contributed by atoms with Crippen LogP contribution in [0.3, 0.4) is 0 Å². The Labute approximate surface area is 218 Å². The van der Waals surface area contributed by atoms with Crippen LogP contribution in [-0.2, 0) is 9.53 Å². The molecule has 38 heavy (non-hydrogen) atoms. The Hall–Kier alpha value is -4.57. The number of morpholine rings is 1. The fourth-order valence-corrected chi connectivity index (χ4v) is 5.29. The molecule has 3 aliphatic rings. The van der Waals surface area contributed by atoms with Crippen LogP contribution in [0.2, 0.25) is 0 Å². The third-order valence-electron chi connectivity index (χ3n) is 7.04. The van der Waals surface area contributed by atoms with Crippen LogP contribution >= 0.6 is 0 Å². The molecule has 0 spiro atoms. The predicted octanol–water partition coefficient (Wildman–Crippen LogP) is 3.73. The molecule has 2 aromatic heterocycles. The minimum absolute atomic E-state index is 0.0964. The minimum Gasteiger partial charge on any atom is -0.403 e. The van der Waals surface area contributed by atoms with Gasteiger partial charge in [-0.05, 0) is 31.0 Å². The molecular weight excluding hydrogens is 482 g/mol. The van der Waals surface area contributed by atoms with E-state index in [1.165, 1.54) is 0 Å². The largest absolute Gasteiger partial charge is 0.403 e. The first-order valence-corrected chi connectivity index (χ1v) is 12.7. The number of aliphatic imine (C=N–C) groups is 1. The molecule has 3 unspecified atom stereocenters. The molecular formula is C28H25N7O3. The predicted molar refractivity (Wildman–Crippen MR) is 142 cm³/mol. The number of hydrogen-bond acceptors (Lipinski definition) is 9. The van der Waals surface area contributed by atoms with E-state index < -0.39 is 6.17 Å². The highest BCUT2D eigenvalue weighted by atomic mass is 16.5. The number of nitrogens with zero attached hydrogens (tertiary/aromatic N) is 5. The third-order valence-corrected chi connectivity index (χ3v) is 7.04. The van der Waals surface area contributed by atoms with Crippen molar-refractivity contribution >= 4 is 29.1 Å². The van der Waals surface area contributed by atoms with Gasteiger partial charge in [0, 0.05) is 30.4 Å². The molecule has 0 aliphatic carbocycles. The molecule has 0 saturated carbocycles. The number of pyridine rings is 1. The number of nitrogens with one attached hydrogen (secondary N) is 2. The molecule has 2 aromatic carbocycles. The first-order chi connectivity index (χ1) is 18.7. The number of amides is 1. The lowest BCUT2D eigenvalue weighted by atomic mass is 10.0. The summed E-state index contributed by atoms with van der Waals surface area (Å²) in [5, 5.41) is 14.4. The van der Waals surface area contributed by atoms with Gasteiger partial charge in [-0.25, -0.2) is 9.98 Å². The summed E-state index contributed by atoms with van der Waals surface area (Å²) in [5.74, 6) is 0.781. The zero-order chi connectivity index (χ0) is 25.5. The smallest absolute Gasteiger partial charge is 0.317 e. The molecule has 2 bridgehead atoms. The molecule has 4 aromatic rings. The number of aromatic nitrogens is 3. The van der Waals surface area contributed by atoms with Gasteiger partial charge in [-0.1, -0.05) is 53.6 Å². The van der Waals surface area contributed by atoms with Crippen LogP contribution in [0.5, 0.6) is 0 Å². The van der Waals surface area contributed by atoms with E-state index in [1.54, 1.807) is 6.20 Å². The van der Waals surface area contributed by atoms with Crippen molar-refractivity contribution in [1.29, 1.82) is 0 Å². The molecule has 2 fully saturated rings. The normalized spacial score (nSPS) is 22.3. The highest BCUT2D eigenvalue weighted by Gasteiger charge is 2.35. The third kappa shape index (κ3) is 4.18. The van der Waals surface area contributed by atoms with Crippen LogP contribution in [0.4, 0.5) is 17.5 Å². The van der Waals surface area contributed by atoms with Crippen molar-refractivity contribution in [1.82, 2.24) is 15.2 Å². The van der Waals surface area contributed by atoms with Crippen LogP contribution in [0.25, 0.3) is 11.5 Å². The Morgan fingerprint density at radius 1 is 0.895 bits per heavy atom. The van der Waals surface area contributed by atoms with Crippen LogP contribution in [-0.4, -0.2) is 58.3 Å². The van der Waals surface area contributed by atoms with Gasteiger partial charge in [0.05, 0.1) is 29.2 Å². The quantitative estimate of drug-likeness (QED) is 0.420. The molecule has 10 nitrogen and oxygen atoms in total. The molecule has 0 radical (unpaired) electrons. The van der Waals surface area contributed by atoms with Crippen molar-refractivity contribution in [2.45, 2.75) is 31.2 Å². The maximum Gasteiger partial charge on any atom is 0.317 e. The zero-order valence-electron chi connectivity index (χ0n) is 20.4. The Balaban J connectivity index is 1.19. The summed E-state index contributed by atoms with van der Waals surface area (Å²) in [4.78, 5) is 24.8. The Morgan fingerprint density at radius 3 is 2.50 bits per heavy atom. The lowest BCUT2D eigenvalue weighted by molar-refractivity contribution is -0.116. The number of carbonyl (C=O) groups is 1. The van der Waals surface area contributed by atoms with E-state index in [0.29, 0.717) is 17.3 Å². The van der Waals surface area contributed by atoms with Gasteiger partial charge in [-0.15, -0.1) is 5.10 Å². The van der Waals surface area contributed by atoms with E-state index in [1.807, 2.05) is 66.7 Å². The fraction of sp³-hybridized carbons (Fsp3) is 0.250. The highest BCUT2D eigenvalue weighted by Crippen LogP contribution is 2.34. The van der Waals surface area contributed by atoms with E-state index in [2.05, 4.69) is 30.7 Å². The summed E-state index contributed by atoms with van der Waals surface area (Å²) in [6.45, 7) is 1.55. The van der Waals surface area contributed by atoms with Gasteiger partial charge >= 0.3 is 6.01 Å². The second kappa shape index (κ2) is 9.38. The van der Waals surface area contributed by atoms with Crippen LogP contribution in [0, 0.1) is 0 Å². The molecule has 2 saturated heterocycles. The van der Waals surface area contributed by atoms with Gasteiger partial charge in [0.2, 0.25) is 6.17 Å². The van der Waals surface area contributed by atoms with Crippen LogP contribution < -0.4 is 15.5 Å². The summed E-state index contributed by atoms with van der Waals surface area (Å²) in [5.41, 5.74) is 3.85.